The second-order valence-corrected chi connectivity index (χ2v) is 6.63. The van der Waals surface area contributed by atoms with Crippen LogP contribution in [0.1, 0.15) is 5.76 Å². The highest BCUT2D eigenvalue weighted by molar-refractivity contribution is 6.33. The molecule has 0 aliphatic carbocycles. The number of aromatic nitrogens is 1. The van der Waals surface area contributed by atoms with Gasteiger partial charge in [-0.1, -0.05) is 28.9 Å². The van der Waals surface area contributed by atoms with Crippen molar-refractivity contribution in [2.45, 2.75) is 6.18 Å². The molecule has 3 rings (SSSR count). The van der Waals surface area contributed by atoms with Crippen LogP contribution in [-0.4, -0.2) is 24.0 Å². The van der Waals surface area contributed by atoms with Gasteiger partial charge in [0, 0.05) is 12.1 Å². The lowest BCUT2D eigenvalue weighted by molar-refractivity contribution is -0.346. The third-order valence-electron chi connectivity index (χ3n) is 4.14. The molecule has 0 radical (unpaired) electrons. The van der Waals surface area contributed by atoms with E-state index in [-0.39, 0.29) is 28.4 Å². The first-order valence-corrected chi connectivity index (χ1v) is 9.08. The molecule has 0 bridgehead atoms. The first-order chi connectivity index (χ1) is 15.1. The number of nitrogens with zero attached hydrogens (tertiary/aromatic N) is 1. The van der Waals surface area contributed by atoms with E-state index in [0.717, 1.165) is 24.4 Å². The summed E-state index contributed by atoms with van der Waals surface area (Å²) in [5.74, 6) is -2.13. The SMILES string of the molecule is NC(=C(C=[NH+]c1cccc(F)c1)c1onc(-c2c(F)cccc2Cl)c1NC=O)C(F)(F)F. The molecule has 12 heteroatoms. The van der Waals surface area contributed by atoms with Crippen molar-refractivity contribution in [3.63, 3.8) is 0 Å². The van der Waals surface area contributed by atoms with Crippen LogP contribution in [0.25, 0.3) is 16.8 Å². The Morgan fingerprint density at radius 3 is 2.53 bits per heavy atom. The Kier molecular flexibility index (Phi) is 6.58. The van der Waals surface area contributed by atoms with Gasteiger partial charge in [-0.25, -0.2) is 13.8 Å². The van der Waals surface area contributed by atoms with Crippen LogP contribution in [0.3, 0.4) is 0 Å². The predicted octanol–water partition coefficient (Wildman–Crippen LogP) is 3.56. The molecular weight excluding hydrogens is 459 g/mol. The molecule has 4 N–H and O–H groups in total. The number of alkyl halides is 3. The Hall–Kier alpha value is -3.73. The number of carbonyl (C=O) groups excluding carboxylic acids is 1. The lowest BCUT2D eigenvalue weighted by atomic mass is 10.1. The molecule has 0 fully saturated rings. The molecule has 0 aliphatic rings. The van der Waals surface area contributed by atoms with Crippen molar-refractivity contribution < 1.29 is 36.3 Å². The zero-order valence-electron chi connectivity index (χ0n) is 15.8. The van der Waals surface area contributed by atoms with E-state index in [0.29, 0.717) is 0 Å². The highest BCUT2D eigenvalue weighted by atomic mass is 35.5. The highest BCUT2D eigenvalue weighted by Gasteiger charge is 2.38. The maximum Gasteiger partial charge on any atom is 0.431 e. The molecule has 166 valence electrons. The molecule has 0 saturated heterocycles. The van der Waals surface area contributed by atoms with Crippen molar-refractivity contribution in [3.05, 3.63) is 70.6 Å². The Balaban J connectivity index is 2.24. The van der Waals surface area contributed by atoms with Crippen LogP contribution in [0.4, 0.5) is 33.3 Å². The second kappa shape index (κ2) is 9.18. The Bertz CT molecular complexity index is 1200. The second-order valence-electron chi connectivity index (χ2n) is 6.22. The Morgan fingerprint density at radius 1 is 1.19 bits per heavy atom. The zero-order valence-corrected chi connectivity index (χ0v) is 16.6. The van der Waals surface area contributed by atoms with E-state index in [2.05, 4.69) is 15.5 Å². The fraction of sp³-hybridized carbons (Fsp3) is 0.0500. The van der Waals surface area contributed by atoms with Gasteiger partial charge in [0.1, 0.15) is 34.3 Å². The number of hydrogen-bond acceptors (Lipinski definition) is 4. The summed E-state index contributed by atoms with van der Waals surface area (Å²) < 4.78 is 73.1. The summed E-state index contributed by atoms with van der Waals surface area (Å²) in [5.41, 5.74) is 1.92. The fourth-order valence-corrected chi connectivity index (χ4v) is 2.97. The Labute approximate surface area is 182 Å². The number of nitrogens with two attached hydrogens (primary N) is 1. The van der Waals surface area contributed by atoms with Gasteiger partial charge < -0.3 is 15.6 Å². The van der Waals surface area contributed by atoms with Crippen LogP contribution in [0.15, 0.2) is 52.7 Å². The molecule has 0 aliphatic heterocycles. The lowest BCUT2D eigenvalue weighted by Gasteiger charge is -2.09. The summed E-state index contributed by atoms with van der Waals surface area (Å²) in [4.78, 5) is 13.6. The fourth-order valence-electron chi connectivity index (χ4n) is 2.71. The molecule has 1 heterocycles. The van der Waals surface area contributed by atoms with Crippen LogP contribution in [0.5, 0.6) is 0 Å². The van der Waals surface area contributed by atoms with Crippen molar-refractivity contribution >= 4 is 41.2 Å². The lowest BCUT2D eigenvalue weighted by Crippen LogP contribution is -2.61. The summed E-state index contributed by atoms with van der Waals surface area (Å²) in [7, 11) is 0. The van der Waals surface area contributed by atoms with E-state index < -0.39 is 40.5 Å². The van der Waals surface area contributed by atoms with Gasteiger partial charge in [-0.05, 0) is 18.2 Å². The molecule has 0 unspecified atom stereocenters. The molecule has 1 amide bonds. The van der Waals surface area contributed by atoms with Gasteiger partial charge in [0.15, 0.2) is 12.0 Å². The monoisotopic (exact) mass is 471 g/mol. The van der Waals surface area contributed by atoms with Crippen LogP contribution in [-0.2, 0) is 4.79 Å². The molecule has 0 atom stereocenters. The van der Waals surface area contributed by atoms with Crippen molar-refractivity contribution in [3.8, 4) is 11.3 Å². The minimum atomic E-state index is -5.02. The molecule has 1 aromatic heterocycles. The number of carbonyl (C=O) groups is 1. The van der Waals surface area contributed by atoms with Crippen molar-refractivity contribution in [1.29, 1.82) is 0 Å². The summed E-state index contributed by atoms with van der Waals surface area (Å²) in [6.07, 6.45) is -4.09. The van der Waals surface area contributed by atoms with Gasteiger partial charge in [-0.2, -0.15) is 13.2 Å². The van der Waals surface area contributed by atoms with E-state index in [1.54, 1.807) is 0 Å². The summed E-state index contributed by atoms with van der Waals surface area (Å²) in [6, 6.07) is 8.53. The maximum absolute atomic E-state index is 14.4. The van der Waals surface area contributed by atoms with E-state index >= 15 is 0 Å². The number of rotatable bonds is 6. The quantitative estimate of drug-likeness (QED) is 0.291. The van der Waals surface area contributed by atoms with E-state index in [4.69, 9.17) is 21.9 Å². The van der Waals surface area contributed by atoms with Gasteiger partial charge in [-0.3, -0.25) is 4.79 Å². The van der Waals surface area contributed by atoms with E-state index in [1.807, 2.05) is 0 Å². The topological polar surface area (TPSA) is 95.1 Å². The van der Waals surface area contributed by atoms with E-state index in [1.165, 1.54) is 24.3 Å². The highest BCUT2D eigenvalue weighted by Crippen LogP contribution is 2.40. The smallest absolute Gasteiger partial charge is 0.394 e. The minimum Gasteiger partial charge on any atom is -0.394 e. The van der Waals surface area contributed by atoms with Gasteiger partial charge in [-0.15, -0.1) is 0 Å². The standard InChI is InChI=1S/C20H12ClF5N4O2/c21-13-5-2-6-14(23)15(13)16-17(29-9-31)18(32-30-16)12(19(27)20(24,25)26)8-28-11-4-1-3-10(22)7-11/h1-9H,27H2,(H,29,31)/p+1. The van der Waals surface area contributed by atoms with Gasteiger partial charge >= 0.3 is 6.18 Å². The molecule has 0 spiro atoms. The number of halogens is 6. The van der Waals surface area contributed by atoms with Gasteiger partial charge in [0.2, 0.25) is 12.1 Å². The minimum absolute atomic E-state index is 0.0965. The molecule has 32 heavy (non-hydrogen) atoms. The number of amides is 1. The largest absolute Gasteiger partial charge is 0.431 e. The normalized spacial score (nSPS) is 12.7. The molecule has 0 saturated carbocycles. The first kappa shape index (κ1) is 22.9. The average molecular weight is 472 g/mol. The van der Waals surface area contributed by atoms with Crippen molar-refractivity contribution in [1.82, 2.24) is 5.16 Å². The van der Waals surface area contributed by atoms with Crippen LogP contribution < -0.4 is 16.0 Å². The summed E-state index contributed by atoms with van der Waals surface area (Å²) in [6.45, 7) is 0. The average Bonchev–Trinajstić information content (AvgIpc) is 3.11. The number of anilines is 1. The predicted molar refractivity (Wildman–Crippen MR) is 107 cm³/mol. The van der Waals surface area contributed by atoms with Crippen LogP contribution >= 0.6 is 11.6 Å². The molecule has 2 aromatic carbocycles. The first-order valence-electron chi connectivity index (χ1n) is 8.70. The number of nitrogens with one attached hydrogen (secondary N) is 2. The summed E-state index contributed by atoms with van der Waals surface area (Å²) in [5, 5.41) is 5.61. The number of hydrogen-bond donors (Lipinski definition) is 3. The Morgan fingerprint density at radius 2 is 1.91 bits per heavy atom. The van der Waals surface area contributed by atoms with Crippen molar-refractivity contribution in [2.24, 2.45) is 5.73 Å². The maximum atomic E-state index is 14.4. The van der Waals surface area contributed by atoms with Crippen LogP contribution in [0, 0.1) is 11.6 Å². The number of benzene rings is 2. The molecule has 3 aromatic rings. The number of allylic oxidation sites excluding steroid dienone is 2. The van der Waals surface area contributed by atoms with Gasteiger partial charge in [0.05, 0.1) is 10.6 Å². The van der Waals surface area contributed by atoms with Gasteiger partial charge in [0.25, 0.3) is 0 Å². The summed E-state index contributed by atoms with van der Waals surface area (Å²) >= 11 is 6.01. The van der Waals surface area contributed by atoms with Crippen molar-refractivity contribution in [2.75, 3.05) is 5.32 Å². The zero-order chi connectivity index (χ0) is 23.5. The third-order valence-corrected chi connectivity index (χ3v) is 4.46. The molecule has 6 nitrogen and oxygen atoms in total. The molecular formula is C20H13ClF5N4O2+. The third kappa shape index (κ3) is 4.78. The van der Waals surface area contributed by atoms with Crippen LogP contribution in [0.2, 0.25) is 5.02 Å². The van der Waals surface area contributed by atoms with E-state index in [9.17, 15) is 26.7 Å².